The quantitative estimate of drug-likeness (QED) is 0.687. The van der Waals surface area contributed by atoms with Gasteiger partial charge in [-0.1, -0.05) is 0 Å². The predicted molar refractivity (Wildman–Crippen MR) is 66.0 cm³/mol. The Labute approximate surface area is 100 Å². The largest absolute Gasteiger partial charge is 0.329 e. The Hall–Kier alpha value is -0.470. The molecule has 1 aromatic rings. The molecular formula is C9H17N3O2S2. The molecule has 0 bridgehead atoms. The molecule has 0 saturated heterocycles. The van der Waals surface area contributed by atoms with Gasteiger partial charge in [0.2, 0.25) is 10.0 Å². The van der Waals surface area contributed by atoms with E-state index in [1.807, 2.05) is 13.0 Å². The molecule has 4 N–H and O–H groups in total. The van der Waals surface area contributed by atoms with Gasteiger partial charge in [0.25, 0.3) is 0 Å². The minimum atomic E-state index is -3.36. The van der Waals surface area contributed by atoms with Crippen molar-refractivity contribution in [2.75, 3.05) is 20.1 Å². The Morgan fingerprint density at radius 2 is 2.25 bits per heavy atom. The van der Waals surface area contributed by atoms with Gasteiger partial charge in [0.1, 0.15) is 4.21 Å². The third-order valence-corrected chi connectivity index (χ3v) is 5.16. The van der Waals surface area contributed by atoms with Gasteiger partial charge in [-0.3, -0.25) is 0 Å². The molecule has 5 nitrogen and oxygen atoms in total. The zero-order valence-electron chi connectivity index (χ0n) is 9.36. The van der Waals surface area contributed by atoms with Gasteiger partial charge in [0.05, 0.1) is 0 Å². The van der Waals surface area contributed by atoms with Gasteiger partial charge < -0.3 is 11.1 Å². The first-order valence-electron chi connectivity index (χ1n) is 4.97. The van der Waals surface area contributed by atoms with Crippen LogP contribution in [-0.2, 0) is 10.0 Å². The maximum Gasteiger partial charge on any atom is 0.250 e. The Bertz CT molecular complexity index is 428. The van der Waals surface area contributed by atoms with Gasteiger partial charge in [-0.25, -0.2) is 13.1 Å². The average molecular weight is 263 g/mol. The first-order chi connectivity index (χ1) is 7.53. The molecule has 1 atom stereocenters. The monoisotopic (exact) mass is 263 g/mol. The van der Waals surface area contributed by atoms with Crippen LogP contribution in [-0.4, -0.2) is 28.6 Å². The van der Waals surface area contributed by atoms with Crippen molar-refractivity contribution in [3.8, 4) is 0 Å². The van der Waals surface area contributed by atoms with Gasteiger partial charge in [-0.15, -0.1) is 11.3 Å². The molecule has 0 radical (unpaired) electrons. The third kappa shape index (κ3) is 3.02. The van der Waals surface area contributed by atoms with E-state index in [-0.39, 0.29) is 6.04 Å². The summed E-state index contributed by atoms with van der Waals surface area (Å²) in [7, 11) is -1.94. The molecule has 0 saturated carbocycles. The van der Waals surface area contributed by atoms with Gasteiger partial charge >= 0.3 is 0 Å². The lowest BCUT2D eigenvalue weighted by Crippen LogP contribution is -2.27. The fourth-order valence-electron chi connectivity index (χ4n) is 1.35. The van der Waals surface area contributed by atoms with Gasteiger partial charge in [0.15, 0.2) is 0 Å². The van der Waals surface area contributed by atoms with Gasteiger partial charge in [-0.2, -0.15) is 0 Å². The first kappa shape index (κ1) is 13.6. The van der Waals surface area contributed by atoms with Crippen LogP contribution in [0.3, 0.4) is 0 Å². The van der Waals surface area contributed by atoms with Crippen LogP contribution in [0.15, 0.2) is 15.7 Å². The van der Waals surface area contributed by atoms with Crippen molar-refractivity contribution < 1.29 is 8.42 Å². The Kier molecular flexibility index (Phi) is 4.88. The van der Waals surface area contributed by atoms with E-state index in [9.17, 15) is 8.42 Å². The number of rotatable bonds is 6. The summed E-state index contributed by atoms with van der Waals surface area (Å²) in [6, 6.07) is 1.80. The van der Waals surface area contributed by atoms with E-state index in [0.29, 0.717) is 17.3 Å². The number of sulfonamides is 1. The maximum absolute atomic E-state index is 11.7. The molecule has 1 unspecified atom stereocenters. The maximum atomic E-state index is 11.7. The first-order valence-corrected chi connectivity index (χ1v) is 7.33. The summed E-state index contributed by atoms with van der Waals surface area (Å²) in [5.74, 6) is 0. The summed E-state index contributed by atoms with van der Waals surface area (Å²) >= 11 is 1.22. The zero-order chi connectivity index (χ0) is 12.2. The molecule has 0 aromatic carbocycles. The number of hydrogen-bond donors (Lipinski definition) is 3. The van der Waals surface area contributed by atoms with Crippen LogP contribution in [0.1, 0.15) is 18.5 Å². The lowest BCUT2D eigenvalue weighted by atomic mass is 10.2. The zero-order valence-corrected chi connectivity index (χ0v) is 11.0. The van der Waals surface area contributed by atoms with Crippen molar-refractivity contribution in [2.45, 2.75) is 17.2 Å². The molecule has 1 aromatic heterocycles. The molecule has 7 heteroatoms. The van der Waals surface area contributed by atoms with E-state index in [0.717, 1.165) is 5.56 Å². The van der Waals surface area contributed by atoms with Gasteiger partial charge in [0, 0.05) is 19.1 Å². The molecule has 0 fully saturated rings. The highest BCUT2D eigenvalue weighted by Gasteiger charge is 2.21. The fraction of sp³-hybridized carbons (Fsp3) is 0.556. The fourth-order valence-corrected chi connectivity index (χ4v) is 3.73. The van der Waals surface area contributed by atoms with E-state index in [1.165, 1.54) is 18.4 Å². The molecular weight excluding hydrogens is 246 g/mol. The van der Waals surface area contributed by atoms with Crippen LogP contribution in [0, 0.1) is 0 Å². The second-order valence-corrected chi connectivity index (χ2v) is 6.33. The van der Waals surface area contributed by atoms with Crippen molar-refractivity contribution >= 4 is 21.4 Å². The summed E-state index contributed by atoms with van der Waals surface area (Å²) in [4.78, 5) is 0. The van der Waals surface area contributed by atoms with Crippen molar-refractivity contribution in [3.63, 3.8) is 0 Å². The molecule has 92 valence electrons. The highest BCUT2D eigenvalue weighted by Crippen LogP contribution is 2.27. The molecule has 0 aliphatic carbocycles. The molecule has 0 aliphatic heterocycles. The summed E-state index contributed by atoms with van der Waals surface area (Å²) in [5, 5.41) is 4.94. The lowest BCUT2D eigenvalue weighted by molar-refractivity contribution is 0.566. The number of nitrogens with one attached hydrogen (secondary N) is 2. The smallest absolute Gasteiger partial charge is 0.250 e. The van der Waals surface area contributed by atoms with Crippen LogP contribution in [0.25, 0.3) is 0 Å². The SMILES string of the molecule is CNS(=O)(=O)c1sccc1C(C)NCCN. The number of nitrogens with two attached hydrogens (primary N) is 1. The predicted octanol–water partition coefficient (Wildman–Crippen LogP) is 0.266. The van der Waals surface area contributed by atoms with Crippen LogP contribution in [0.2, 0.25) is 0 Å². The number of thiophene rings is 1. The topological polar surface area (TPSA) is 84.2 Å². The van der Waals surface area contributed by atoms with Crippen molar-refractivity contribution in [2.24, 2.45) is 5.73 Å². The third-order valence-electron chi connectivity index (χ3n) is 2.23. The highest BCUT2D eigenvalue weighted by molar-refractivity contribution is 7.91. The second kappa shape index (κ2) is 5.74. The van der Waals surface area contributed by atoms with Crippen molar-refractivity contribution in [3.05, 3.63) is 17.0 Å². The molecule has 1 heterocycles. The van der Waals surface area contributed by atoms with Gasteiger partial charge in [-0.05, 0) is 31.0 Å². The van der Waals surface area contributed by atoms with E-state index >= 15 is 0 Å². The Morgan fingerprint density at radius 3 is 2.81 bits per heavy atom. The normalized spacial score (nSPS) is 13.9. The van der Waals surface area contributed by atoms with Crippen LogP contribution < -0.4 is 15.8 Å². The molecule has 0 aliphatic rings. The molecule has 0 spiro atoms. The molecule has 0 amide bonds. The molecule has 1 rings (SSSR count). The van der Waals surface area contributed by atoms with E-state index in [2.05, 4.69) is 10.0 Å². The minimum absolute atomic E-state index is 0.0204. The summed E-state index contributed by atoms with van der Waals surface area (Å²) < 4.78 is 26.1. The van der Waals surface area contributed by atoms with Crippen molar-refractivity contribution in [1.29, 1.82) is 0 Å². The minimum Gasteiger partial charge on any atom is -0.329 e. The molecule has 16 heavy (non-hydrogen) atoms. The van der Waals surface area contributed by atoms with E-state index in [1.54, 1.807) is 5.38 Å². The van der Waals surface area contributed by atoms with Crippen LogP contribution in [0.4, 0.5) is 0 Å². The second-order valence-electron chi connectivity index (χ2n) is 3.34. The standard InChI is InChI=1S/C9H17N3O2S2/c1-7(12-5-4-10)8-3-6-15-9(8)16(13,14)11-2/h3,6-7,11-12H,4-5,10H2,1-2H3. The lowest BCUT2D eigenvalue weighted by Gasteiger charge is -2.13. The number of hydrogen-bond acceptors (Lipinski definition) is 5. The van der Waals surface area contributed by atoms with Crippen LogP contribution >= 0.6 is 11.3 Å². The highest BCUT2D eigenvalue weighted by atomic mass is 32.2. The van der Waals surface area contributed by atoms with Crippen molar-refractivity contribution in [1.82, 2.24) is 10.0 Å². The Morgan fingerprint density at radius 1 is 1.56 bits per heavy atom. The summed E-state index contributed by atoms with van der Waals surface area (Å²) in [6.45, 7) is 3.12. The van der Waals surface area contributed by atoms with Crippen LogP contribution in [0.5, 0.6) is 0 Å². The summed E-state index contributed by atoms with van der Waals surface area (Å²) in [5.41, 5.74) is 6.17. The van der Waals surface area contributed by atoms with E-state index < -0.39 is 10.0 Å². The Balaban J connectivity index is 2.94. The summed E-state index contributed by atoms with van der Waals surface area (Å²) in [6.07, 6.45) is 0. The average Bonchev–Trinajstić information content (AvgIpc) is 2.75. The van der Waals surface area contributed by atoms with E-state index in [4.69, 9.17) is 5.73 Å².